The Morgan fingerprint density at radius 2 is 1.80 bits per heavy atom. The Hall–Kier alpha value is -0.920. The van der Waals surface area contributed by atoms with Crippen LogP contribution in [0.4, 0.5) is 0 Å². The molecule has 1 nitrogen and oxygen atoms in total. The van der Waals surface area contributed by atoms with Gasteiger partial charge in [0.15, 0.2) is 0 Å². The molecule has 0 heterocycles. The van der Waals surface area contributed by atoms with Crippen molar-refractivity contribution in [1.82, 2.24) is 0 Å². The van der Waals surface area contributed by atoms with E-state index in [1.165, 1.54) is 0 Å². The van der Waals surface area contributed by atoms with Crippen molar-refractivity contribution >= 4 is 0 Å². The molecule has 0 aliphatic carbocycles. The topological polar surface area (TPSA) is 20.2 Å². The molecule has 0 saturated heterocycles. The zero-order valence-electron chi connectivity index (χ0n) is 6.65. The van der Waals surface area contributed by atoms with Crippen LogP contribution >= 0.6 is 0 Å². The van der Waals surface area contributed by atoms with Crippen LogP contribution in [-0.4, -0.2) is 11.7 Å². The molecule has 0 aliphatic rings. The first-order valence-electron chi connectivity index (χ1n) is 3.17. The van der Waals surface area contributed by atoms with Crippen LogP contribution < -0.4 is 0 Å². The van der Waals surface area contributed by atoms with Crippen molar-refractivity contribution in [1.29, 1.82) is 0 Å². The predicted octanol–water partition coefficient (Wildman–Crippen LogP) is 1.03. The minimum atomic E-state index is -0.112. The maximum atomic E-state index is 8.25. The Labute approximate surface area is 62.5 Å². The lowest BCUT2D eigenvalue weighted by molar-refractivity contribution is 0.350. The van der Waals surface area contributed by atoms with Gasteiger partial charge in [-0.05, 0) is 32.6 Å². The first kappa shape index (κ1) is 9.08. The molecule has 1 N–H and O–H groups in total. The van der Waals surface area contributed by atoms with E-state index in [-0.39, 0.29) is 12.0 Å². The molecule has 0 unspecified atom stereocenters. The molecule has 0 radical (unpaired) electrons. The van der Waals surface area contributed by atoms with E-state index in [2.05, 4.69) is 23.7 Å². The van der Waals surface area contributed by atoms with Gasteiger partial charge in [0.1, 0.15) is 6.61 Å². The third kappa shape index (κ3) is 7.08. The van der Waals surface area contributed by atoms with Crippen molar-refractivity contribution in [2.75, 3.05) is 6.61 Å². The van der Waals surface area contributed by atoms with Gasteiger partial charge in [-0.1, -0.05) is 11.8 Å². The molecule has 1 heteroatoms. The minimum Gasteiger partial charge on any atom is -0.384 e. The Kier molecular flexibility index (Phi) is 3.62. The van der Waals surface area contributed by atoms with Gasteiger partial charge in [0.2, 0.25) is 0 Å². The highest BCUT2D eigenvalue weighted by atomic mass is 16.2. The second-order valence-corrected chi connectivity index (χ2v) is 2.96. The SMILES string of the molecule is CC(C)(C)C#CC#CCO. The normalized spacial score (nSPS) is 8.80. The minimum absolute atomic E-state index is 0.00410. The first-order chi connectivity index (χ1) is 4.56. The zero-order chi connectivity index (χ0) is 8.04. The lowest BCUT2D eigenvalue weighted by Crippen LogP contribution is -1.98. The highest BCUT2D eigenvalue weighted by Gasteiger charge is 2.02. The summed E-state index contributed by atoms with van der Waals surface area (Å²) in [6.45, 7) is 5.93. The molecule has 54 valence electrons. The molecule has 0 bridgehead atoms. The van der Waals surface area contributed by atoms with Gasteiger partial charge in [-0.2, -0.15) is 0 Å². The monoisotopic (exact) mass is 136 g/mol. The molecule has 0 atom stereocenters. The standard InChI is InChI=1S/C9H12O/c1-9(2,3)7-5-4-6-8-10/h10H,8H2,1-3H3. The summed E-state index contributed by atoms with van der Waals surface area (Å²) in [5, 5.41) is 8.25. The highest BCUT2D eigenvalue weighted by molar-refractivity contribution is 5.27. The fraction of sp³-hybridized carbons (Fsp3) is 0.556. The van der Waals surface area contributed by atoms with E-state index in [0.717, 1.165) is 0 Å². The van der Waals surface area contributed by atoms with Gasteiger partial charge in [-0.25, -0.2) is 0 Å². The second kappa shape index (κ2) is 3.99. The fourth-order valence-electron chi connectivity index (χ4n) is 0.302. The highest BCUT2D eigenvalue weighted by Crippen LogP contribution is 2.09. The summed E-state index contributed by atoms with van der Waals surface area (Å²) in [6.07, 6.45) is 0. The molecule has 0 saturated carbocycles. The Balaban J connectivity index is 3.93. The largest absolute Gasteiger partial charge is 0.384 e. The smallest absolute Gasteiger partial charge is 0.105 e. The van der Waals surface area contributed by atoms with Gasteiger partial charge in [0, 0.05) is 5.41 Å². The van der Waals surface area contributed by atoms with Gasteiger partial charge in [-0.15, -0.1) is 0 Å². The van der Waals surface area contributed by atoms with Crippen LogP contribution in [0.5, 0.6) is 0 Å². The van der Waals surface area contributed by atoms with Crippen molar-refractivity contribution in [2.24, 2.45) is 5.41 Å². The van der Waals surface area contributed by atoms with E-state index < -0.39 is 0 Å². The molecule has 0 aromatic heterocycles. The molecule has 10 heavy (non-hydrogen) atoms. The third-order valence-corrected chi connectivity index (χ3v) is 0.667. The zero-order valence-corrected chi connectivity index (χ0v) is 6.65. The molecule has 0 aromatic rings. The summed E-state index contributed by atoms with van der Waals surface area (Å²) < 4.78 is 0. The fourth-order valence-corrected chi connectivity index (χ4v) is 0.302. The van der Waals surface area contributed by atoms with Crippen molar-refractivity contribution in [3.05, 3.63) is 0 Å². The van der Waals surface area contributed by atoms with Crippen molar-refractivity contribution in [3.8, 4) is 23.7 Å². The van der Waals surface area contributed by atoms with E-state index in [0.29, 0.717) is 0 Å². The van der Waals surface area contributed by atoms with E-state index in [1.54, 1.807) is 0 Å². The lowest BCUT2D eigenvalue weighted by atomic mass is 9.98. The lowest BCUT2D eigenvalue weighted by Gasteiger charge is -2.05. The number of hydrogen-bond acceptors (Lipinski definition) is 1. The molecule has 0 amide bonds. The van der Waals surface area contributed by atoms with Crippen LogP contribution in [0.3, 0.4) is 0 Å². The van der Waals surface area contributed by atoms with Crippen LogP contribution in [0.2, 0.25) is 0 Å². The summed E-state index contributed by atoms with van der Waals surface area (Å²) >= 11 is 0. The molecule has 0 aromatic carbocycles. The second-order valence-electron chi connectivity index (χ2n) is 2.96. The van der Waals surface area contributed by atoms with Crippen LogP contribution in [0.15, 0.2) is 0 Å². The summed E-state index contributed by atoms with van der Waals surface area (Å²) in [5.41, 5.74) is 0.00410. The molecule has 0 spiro atoms. The summed E-state index contributed by atoms with van der Waals surface area (Å²) in [5.74, 6) is 10.6. The molecular weight excluding hydrogens is 124 g/mol. The van der Waals surface area contributed by atoms with E-state index in [1.807, 2.05) is 20.8 Å². The molecular formula is C9H12O. The first-order valence-corrected chi connectivity index (χ1v) is 3.17. The number of hydrogen-bond donors (Lipinski definition) is 1. The van der Waals surface area contributed by atoms with E-state index in [9.17, 15) is 0 Å². The van der Waals surface area contributed by atoms with Crippen LogP contribution in [0.25, 0.3) is 0 Å². The Morgan fingerprint density at radius 1 is 1.20 bits per heavy atom. The molecule has 0 rings (SSSR count). The van der Waals surface area contributed by atoms with Crippen molar-refractivity contribution in [3.63, 3.8) is 0 Å². The Bertz CT molecular complexity index is 199. The third-order valence-electron chi connectivity index (χ3n) is 0.667. The maximum Gasteiger partial charge on any atom is 0.105 e. The molecule has 0 aliphatic heterocycles. The maximum absolute atomic E-state index is 8.25. The average Bonchev–Trinajstić information content (AvgIpc) is 1.78. The van der Waals surface area contributed by atoms with E-state index in [4.69, 9.17) is 5.11 Å². The predicted molar refractivity (Wildman–Crippen MR) is 42.1 cm³/mol. The van der Waals surface area contributed by atoms with Gasteiger partial charge in [0.05, 0.1) is 0 Å². The number of rotatable bonds is 0. The number of aliphatic hydroxyl groups is 1. The van der Waals surface area contributed by atoms with Gasteiger partial charge < -0.3 is 5.11 Å². The average molecular weight is 136 g/mol. The Morgan fingerprint density at radius 3 is 2.20 bits per heavy atom. The van der Waals surface area contributed by atoms with Crippen molar-refractivity contribution in [2.45, 2.75) is 20.8 Å². The summed E-state index contributed by atoms with van der Waals surface area (Å²) in [7, 11) is 0. The number of aliphatic hydroxyl groups excluding tert-OH is 1. The van der Waals surface area contributed by atoms with Gasteiger partial charge in [0.25, 0.3) is 0 Å². The van der Waals surface area contributed by atoms with Gasteiger partial charge in [-0.3, -0.25) is 0 Å². The summed E-state index contributed by atoms with van der Waals surface area (Å²) in [4.78, 5) is 0. The van der Waals surface area contributed by atoms with E-state index >= 15 is 0 Å². The summed E-state index contributed by atoms with van der Waals surface area (Å²) in [6, 6.07) is 0. The molecule has 0 fully saturated rings. The van der Waals surface area contributed by atoms with Crippen LogP contribution in [0, 0.1) is 29.1 Å². The van der Waals surface area contributed by atoms with Crippen LogP contribution in [0.1, 0.15) is 20.8 Å². The quantitative estimate of drug-likeness (QED) is 0.493. The van der Waals surface area contributed by atoms with Crippen LogP contribution in [-0.2, 0) is 0 Å². The van der Waals surface area contributed by atoms with Gasteiger partial charge >= 0.3 is 0 Å². The van der Waals surface area contributed by atoms with Crippen molar-refractivity contribution < 1.29 is 5.11 Å².